The van der Waals surface area contributed by atoms with Crippen LogP contribution < -0.4 is 5.32 Å². The van der Waals surface area contributed by atoms with E-state index in [-0.39, 0.29) is 12.5 Å². The van der Waals surface area contributed by atoms with Gasteiger partial charge in [-0.2, -0.15) is 0 Å². The van der Waals surface area contributed by atoms with Crippen LogP contribution in [-0.4, -0.2) is 87.5 Å². The standard InChI is InChI=1S/C59H105NO8/c1-3-5-7-9-11-13-15-17-19-21-23-24-25-26-27-28-29-31-32-34-36-38-40-42-44-46-48-53(62)52(51-67-59-58(66)57(65)56(64)54(50-61)68-59)60-55(63)49-47-45-43-41-39-37-35-33-30-22-20-18-16-14-12-10-8-6-4-2/h6,8,12,14,18,20,30,33,37,39,46,48,52-54,56-59,61-62,64-66H,3-5,7,9-11,13,15-17,19,21-29,31-32,34-36,38,40-45,47,49-51H2,1-2H3,(H,60,63)/b8-6-,14-12-,20-18-,33-30-,39-37-,48-46+. The maximum Gasteiger partial charge on any atom is 0.220 e. The molecule has 1 fully saturated rings. The van der Waals surface area contributed by atoms with Gasteiger partial charge in [0.15, 0.2) is 6.29 Å². The Morgan fingerprint density at radius 1 is 0.515 bits per heavy atom. The summed E-state index contributed by atoms with van der Waals surface area (Å²) >= 11 is 0. The van der Waals surface area contributed by atoms with Crippen molar-refractivity contribution in [3.63, 3.8) is 0 Å². The smallest absolute Gasteiger partial charge is 0.220 e. The van der Waals surface area contributed by atoms with Crippen molar-refractivity contribution in [2.24, 2.45) is 0 Å². The predicted octanol–water partition coefficient (Wildman–Crippen LogP) is 13.7. The lowest BCUT2D eigenvalue weighted by Gasteiger charge is -2.40. The van der Waals surface area contributed by atoms with Crippen LogP contribution in [0.1, 0.15) is 239 Å². The van der Waals surface area contributed by atoms with E-state index in [1.54, 1.807) is 6.08 Å². The van der Waals surface area contributed by atoms with E-state index in [1.165, 1.54) is 141 Å². The van der Waals surface area contributed by atoms with E-state index in [0.717, 1.165) is 70.6 Å². The van der Waals surface area contributed by atoms with Crippen LogP contribution in [0.3, 0.4) is 0 Å². The molecule has 394 valence electrons. The molecular formula is C59H105NO8. The summed E-state index contributed by atoms with van der Waals surface area (Å²) in [6, 6.07) is -0.827. The van der Waals surface area contributed by atoms with E-state index in [1.807, 2.05) is 6.08 Å². The number of hydrogen-bond donors (Lipinski definition) is 6. The van der Waals surface area contributed by atoms with Crippen LogP contribution in [0.4, 0.5) is 0 Å². The van der Waals surface area contributed by atoms with Crippen molar-refractivity contribution in [1.29, 1.82) is 0 Å². The highest BCUT2D eigenvalue weighted by atomic mass is 16.7. The molecule has 0 saturated carbocycles. The Morgan fingerprint density at radius 3 is 1.35 bits per heavy atom. The Hall–Kier alpha value is -2.37. The Balaban J connectivity index is 2.26. The van der Waals surface area contributed by atoms with Gasteiger partial charge < -0.3 is 40.3 Å². The number of rotatable bonds is 47. The minimum absolute atomic E-state index is 0.205. The van der Waals surface area contributed by atoms with Gasteiger partial charge in [0.05, 0.1) is 25.4 Å². The summed E-state index contributed by atoms with van der Waals surface area (Å²) in [5.41, 5.74) is 0. The van der Waals surface area contributed by atoms with Crippen LogP contribution >= 0.6 is 0 Å². The molecular weight excluding hydrogens is 851 g/mol. The SMILES string of the molecule is CC/C=C\C/C=C\C/C=C\C/C=C\C/C=C\CCCCCC(=O)NC(COC1OC(CO)C(O)C(O)C1O)C(O)/C=C/CCCCCCCCCCCCCCCCCCCCCCCCCC. The highest BCUT2D eigenvalue weighted by Crippen LogP contribution is 2.23. The van der Waals surface area contributed by atoms with Crippen LogP contribution in [0.5, 0.6) is 0 Å². The van der Waals surface area contributed by atoms with Gasteiger partial charge in [0.1, 0.15) is 24.4 Å². The van der Waals surface area contributed by atoms with Crippen LogP contribution in [0.15, 0.2) is 72.9 Å². The van der Waals surface area contributed by atoms with E-state index in [0.29, 0.717) is 12.8 Å². The maximum absolute atomic E-state index is 13.0. The summed E-state index contributed by atoms with van der Waals surface area (Å²) in [5, 5.41) is 54.5. The molecule has 1 aliphatic rings. The van der Waals surface area contributed by atoms with E-state index < -0.39 is 49.5 Å². The van der Waals surface area contributed by atoms with Crippen LogP contribution in [0.25, 0.3) is 0 Å². The lowest BCUT2D eigenvalue weighted by Crippen LogP contribution is -2.60. The highest BCUT2D eigenvalue weighted by molar-refractivity contribution is 5.76. The van der Waals surface area contributed by atoms with Gasteiger partial charge in [-0.1, -0.05) is 241 Å². The molecule has 0 aliphatic carbocycles. The second-order valence-electron chi connectivity index (χ2n) is 19.4. The quantitative estimate of drug-likeness (QED) is 0.0261. The molecule has 1 heterocycles. The van der Waals surface area contributed by atoms with Crippen molar-refractivity contribution in [2.75, 3.05) is 13.2 Å². The number of carbonyl (C=O) groups excluding carboxylic acids is 1. The van der Waals surface area contributed by atoms with Crippen molar-refractivity contribution in [1.82, 2.24) is 5.32 Å². The molecule has 0 bridgehead atoms. The van der Waals surface area contributed by atoms with Gasteiger partial charge in [-0.05, 0) is 64.2 Å². The molecule has 9 nitrogen and oxygen atoms in total. The van der Waals surface area contributed by atoms with E-state index >= 15 is 0 Å². The molecule has 1 aliphatic heterocycles. The van der Waals surface area contributed by atoms with Crippen molar-refractivity contribution in [2.45, 2.75) is 281 Å². The third-order valence-electron chi connectivity index (χ3n) is 13.0. The van der Waals surface area contributed by atoms with Crippen LogP contribution in [-0.2, 0) is 14.3 Å². The molecule has 0 aromatic carbocycles. The minimum atomic E-state index is -1.58. The predicted molar refractivity (Wildman–Crippen MR) is 285 cm³/mol. The number of aliphatic hydroxyl groups is 5. The zero-order valence-electron chi connectivity index (χ0n) is 43.6. The summed E-state index contributed by atoms with van der Waals surface area (Å²) in [5.74, 6) is -0.209. The molecule has 0 aromatic rings. The minimum Gasteiger partial charge on any atom is -0.394 e. The lowest BCUT2D eigenvalue weighted by atomic mass is 9.99. The molecule has 0 spiro atoms. The van der Waals surface area contributed by atoms with Gasteiger partial charge in [0.2, 0.25) is 5.91 Å². The number of hydrogen-bond acceptors (Lipinski definition) is 8. The van der Waals surface area contributed by atoms with Gasteiger partial charge in [-0.25, -0.2) is 0 Å². The fourth-order valence-electron chi connectivity index (χ4n) is 8.60. The summed E-state index contributed by atoms with van der Waals surface area (Å²) in [6.07, 6.45) is 59.6. The zero-order valence-corrected chi connectivity index (χ0v) is 43.6. The second kappa shape index (κ2) is 48.3. The van der Waals surface area contributed by atoms with Crippen molar-refractivity contribution in [3.05, 3.63) is 72.9 Å². The van der Waals surface area contributed by atoms with Gasteiger partial charge in [0, 0.05) is 6.42 Å². The topological polar surface area (TPSA) is 149 Å². The largest absolute Gasteiger partial charge is 0.394 e. The summed E-state index contributed by atoms with van der Waals surface area (Å²) in [4.78, 5) is 13.0. The maximum atomic E-state index is 13.0. The van der Waals surface area contributed by atoms with Gasteiger partial charge in [-0.3, -0.25) is 4.79 Å². The molecule has 7 unspecified atom stereocenters. The second-order valence-corrected chi connectivity index (χ2v) is 19.4. The van der Waals surface area contributed by atoms with Gasteiger partial charge in [0.25, 0.3) is 0 Å². The fourth-order valence-corrected chi connectivity index (χ4v) is 8.60. The zero-order chi connectivity index (χ0) is 49.4. The molecule has 1 amide bonds. The summed E-state index contributed by atoms with van der Waals surface area (Å²) in [7, 11) is 0. The number of ether oxygens (including phenoxy) is 2. The lowest BCUT2D eigenvalue weighted by molar-refractivity contribution is -0.302. The number of aliphatic hydroxyl groups excluding tert-OH is 5. The molecule has 68 heavy (non-hydrogen) atoms. The third-order valence-corrected chi connectivity index (χ3v) is 13.0. The molecule has 0 aromatic heterocycles. The van der Waals surface area contributed by atoms with Crippen molar-refractivity contribution in [3.8, 4) is 0 Å². The van der Waals surface area contributed by atoms with Crippen molar-refractivity contribution >= 4 is 5.91 Å². The average molecular weight is 956 g/mol. The highest BCUT2D eigenvalue weighted by Gasteiger charge is 2.44. The van der Waals surface area contributed by atoms with Crippen LogP contribution in [0.2, 0.25) is 0 Å². The van der Waals surface area contributed by atoms with Gasteiger partial charge in [-0.15, -0.1) is 0 Å². The molecule has 1 rings (SSSR count). The molecule has 7 atom stereocenters. The number of allylic oxidation sites excluding steroid dienone is 11. The Morgan fingerprint density at radius 2 is 0.912 bits per heavy atom. The van der Waals surface area contributed by atoms with E-state index in [4.69, 9.17) is 9.47 Å². The number of unbranched alkanes of at least 4 members (excludes halogenated alkanes) is 27. The monoisotopic (exact) mass is 956 g/mol. The van der Waals surface area contributed by atoms with Crippen molar-refractivity contribution < 1.29 is 39.8 Å². The fraction of sp³-hybridized carbons (Fsp3) is 0.780. The molecule has 9 heteroatoms. The third kappa shape index (κ3) is 37.5. The number of amides is 1. The molecule has 0 radical (unpaired) electrons. The first-order chi connectivity index (χ1) is 33.3. The first-order valence-electron chi connectivity index (χ1n) is 28.2. The van der Waals surface area contributed by atoms with Gasteiger partial charge >= 0.3 is 0 Å². The average Bonchev–Trinajstić information content (AvgIpc) is 3.34. The molecule has 6 N–H and O–H groups in total. The van der Waals surface area contributed by atoms with Crippen LogP contribution in [0, 0.1) is 0 Å². The first kappa shape index (κ1) is 63.6. The molecule has 1 saturated heterocycles. The number of carbonyl (C=O) groups is 1. The Labute approximate surface area is 417 Å². The van der Waals surface area contributed by atoms with E-state index in [2.05, 4.69) is 79.9 Å². The summed E-state index contributed by atoms with van der Waals surface area (Å²) < 4.78 is 11.2. The Bertz CT molecular complexity index is 1290. The van der Waals surface area contributed by atoms with E-state index in [9.17, 15) is 30.3 Å². The first-order valence-corrected chi connectivity index (χ1v) is 28.2. The summed E-state index contributed by atoms with van der Waals surface area (Å²) in [6.45, 7) is 3.66. The Kier molecular flexibility index (Phi) is 45.2. The number of nitrogens with one attached hydrogen (secondary N) is 1. The normalized spacial score (nSPS) is 20.1.